The number of fused-ring (bicyclic) bond motifs is 1. The lowest BCUT2D eigenvalue weighted by molar-refractivity contribution is 0.101. The molecule has 0 aliphatic heterocycles. The monoisotopic (exact) mass is 297 g/mol. The van der Waals surface area contributed by atoms with E-state index in [9.17, 15) is 9.18 Å². The largest absolute Gasteiger partial charge is 0.496 e. The van der Waals surface area contributed by atoms with Gasteiger partial charge in [0.05, 0.1) is 24.6 Å². The first-order valence-corrected chi connectivity index (χ1v) is 7.02. The van der Waals surface area contributed by atoms with Crippen LogP contribution in [0.15, 0.2) is 48.7 Å². The molecular formula is C18H16FNO2. The number of halogens is 1. The average molecular weight is 297 g/mol. The van der Waals surface area contributed by atoms with Gasteiger partial charge in [0, 0.05) is 17.3 Å². The van der Waals surface area contributed by atoms with E-state index in [0.717, 1.165) is 10.9 Å². The van der Waals surface area contributed by atoms with Gasteiger partial charge >= 0.3 is 0 Å². The Bertz CT molecular complexity index is 851. The Morgan fingerprint density at radius 1 is 1.18 bits per heavy atom. The van der Waals surface area contributed by atoms with Gasteiger partial charge in [-0.3, -0.25) is 4.79 Å². The van der Waals surface area contributed by atoms with E-state index in [-0.39, 0.29) is 11.6 Å². The Labute approximate surface area is 127 Å². The first-order valence-electron chi connectivity index (χ1n) is 7.02. The maximum absolute atomic E-state index is 13.9. The Morgan fingerprint density at radius 2 is 1.95 bits per heavy atom. The summed E-state index contributed by atoms with van der Waals surface area (Å²) in [5.41, 5.74) is 2.02. The molecule has 3 aromatic rings. The zero-order valence-corrected chi connectivity index (χ0v) is 12.5. The number of methoxy groups -OCH3 is 1. The molecule has 22 heavy (non-hydrogen) atoms. The predicted octanol–water partition coefficient (Wildman–Crippen LogP) is 4.04. The minimum absolute atomic E-state index is 0.0400. The van der Waals surface area contributed by atoms with Gasteiger partial charge in [0.25, 0.3) is 0 Å². The highest BCUT2D eigenvalue weighted by Crippen LogP contribution is 2.31. The molecule has 0 N–H and O–H groups in total. The molecule has 0 radical (unpaired) electrons. The van der Waals surface area contributed by atoms with Gasteiger partial charge in [0.1, 0.15) is 11.6 Å². The van der Waals surface area contributed by atoms with Crippen molar-refractivity contribution < 1.29 is 13.9 Å². The molecule has 0 aliphatic rings. The van der Waals surface area contributed by atoms with Gasteiger partial charge in [-0.05, 0) is 25.1 Å². The molecule has 0 unspecified atom stereocenters. The van der Waals surface area contributed by atoms with Crippen LogP contribution < -0.4 is 4.74 Å². The van der Waals surface area contributed by atoms with Crippen molar-refractivity contribution in [3.05, 3.63) is 65.6 Å². The number of Topliss-reactive ketones (excluding diaryl/α,β-unsaturated/α-hetero) is 1. The number of benzene rings is 2. The topological polar surface area (TPSA) is 31.2 Å². The molecule has 3 rings (SSSR count). The van der Waals surface area contributed by atoms with E-state index < -0.39 is 0 Å². The van der Waals surface area contributed by atoms with Crippen LogP contribution >= 0.6 is 0 Å². The summed E-state index contributed by atoms with van der Waals surface area (Å²) >= 11 is 0. The molecule has 0 saturated heterocycles. The smallest absolute Gasteiger partial charge is 0.162 e. The van der Waals surface area contributed by atoms with Gasteiger partial charge in [-0.1, -0.05) is 24.3 Å². The fourth-order valence-electron chi connectivity index (χ4n) is 2.70. The standard InChI is InChI=1S/C18H16FNO2/c1-12(21)14-11-20(10-13-6-3-4-7-15(13)19)16-8-5-9-17(22-2)18(14)16/h3-9,11H,10H2,1-2H3. The predicted molar refractivity (Wildman–Crippen MR) is 84.0 cm³/mol. The summed E-state index contributed by atoms with van der Waals surface area (Å²) in [6, 6.07) is 12.2. The molecule has 0 fully saturated rings. The maximum Gasteiger partial charge on any atom is 0.162 e. The summed E-state index contributed by atoms with van der Waals surface area (Å²) in [6.07, 6.45) is 1.77. The minimum atomic E-state index is -0.253. The van der Waals surface area contributed by atoms with Crippen LogP contribution in [0.5, 0.6) is 5.75 Å². The molecule has 112 valence electrons. The normalized spacial score (nSPS) is 10.9. The lowest BCUT2D eigenvalue weighted by Crippen LogP contribution is -2.00. The van der Waals surface area contributed by atoms with Gasteiger partial charge in [0.2, 0.25) is 0 Å². The van der Waals surface area contributed by atoms with Crippen LogP contribution in [0.25, 0.3) is 10.9 Å². The Hall–Kier alpha value is -2.62. The molecule has 0 bridgehead atoms. The van der Waals surface area contributed by atoms with Crippen molar-refractivity contribution in [3.8, 4) is 5.75 Å². The molecule has 1 aromatic heterocycles. The van der Waals surface area contributed by atoms with Crippen molar-refractivity contribution in [3.63, 3.8) is 0 Å². The molecule has 0 atom stereocenters. The van der Waals surface area contributed by atoms with Crippen molar-refractivity contribution in [1.29, 1.82) is 0 Å². The number of ether oxygens (including phenoxy) is 1. The van der Waals surface area contributed by atoms with E-state index in [1.54, 1.807) is 31.5 Å². The third kappa shape index (κ3) is 2.37. The number of hydrogen-bond acceptors (Lipinski definition) is 2. The first-order chi connectivity index (χ1) is 10.6. The van der Waals surface area contributed by atoms with E-state index >= 15 is 0 Å². The molecule has 0 spiro atoms. The summed E-state index contributed by atoms with van der Waals surface area (Å²) in [4.78, 5) is 11.9. The van der Waals surface area contributed by atoms with Gasteiger partial charge in [-0.25, -0.2) is 4.39 Å². The van der Waals surface area contributed by atoms with Gasteiger partial charge in [-0.2, -0.15) is 0 Å². The molecule has 0 amide bonds. The molecule has 0 saturated carbocycles. The second-order valence-electron chi connectivity index (χ2n) is 5.17. The van der Waals surface area contributed by atoms with Crippen LogP contribution in [0.1, 0.15) is 22.8 Å². The maximum atomic E-state index is 13.9. The average Bonchev–Trinajstić information content (AvgIpc) is 2.89. The van der Waals surface area contributed by atoms with Crippen LogP contribution in [0.2, 0.25) is 0 Å². The zero-order valence-electron chi connectivity index (χ0n) is 12.5. The van der Waals surface area contributed by atoms with E-state index in [2.05, 4.69) is 0 Å². The second kappa shape index (κ2) is 5.64. The molecule has 4 heteroatoms. The van der Waals surface area contributed by atoms with Crippen LogP contribution in [0.4, 0.5) is 4.39 Å². The lowest BCUT2D eigenvalue weighted by atomic mass is 10.1. The fourth-order valence-corrected chi connectivity index (χ4v) is 2.70. The van der Waals surface area contributed by atoms with Crippen molar-refractivity contribution in [2.75, 3.05) is 7.11 Å². The highest BCUT2D eigenvalue weighted by atomic mass is 19.1. The third-order valence-electron chi connectivity index (χ3n) is 3.77. The number of carbonyl (C=O) groups excluding carboxylic acids is 1. The van der Waals surface area contributed by atoms with Crippen molar-refractivity contribution >= 4 is 16.7 Å². The van der Waals surface area contributed by atoms with Gasteiger partial charge in [0.15, 0.2) is 5.78 Å². The van der Waals surface area contributed by atoms with E-state index in [1.807, 2.05) is 22.8 Å². The minimum Gasteiger partial charge on any atom is -0.496 e. The van der Waals surface area contributed by atoms with Crippen molar-refractivity contribution in [2.24, 2.45) is 0 Å². The number of aromatic nitrogens is 1. The SMILES string of the molecule is COc1cccc2c1c(C(C)=O)cn2Cc1ccccc1F. The second-order valence-corrected chi connectivity index (χ2v) is 5.17. The summed E-state index contributed by atoms with van der Waals surface area (Å²) in [5.74, 6) is 0.355. The van der Waals surface area contributed by atoms with Crippen molar-refractivity contribution in [1.82, 2.24) is 4.57 Å². The number of rotatable bonds is 4. The lowest BCUT2D eigenvalue weighted by Gasteiger charge is -2.07. The highest BCUT2D eigenvalue weighted by molar-refractivity contribution is 6.09. The summed E-state index contributed by atoms with van der Waals surface area (Å²) in [5, 5.41) is 0.772. The molecular weight excluding hydrogens is 281 g/mol. The van der Waals surface area contributed by atoms with Crippen LogP contribution in [0, 0.1) is 5.82 Å². The fraction of sp³-hybridized carbons (Fsp3) is 0.167. The van der Waals surface area contributed by atoms with Gasteiger partial charge in [-0.15, -0.1) is 0 Å². The highest BCUT2D eigenvalue weighted by Gasteiger charge is 2.16. The zero-order chi connectivity index (χ0) is 15.7. The van der Waals surface area contributed by atoms with Crippen molar-refractivity contribution in [2.45, 2.75) is 13.5 Å². The number of carbonyl (C=O) groups is 1. The summed E-state index contributed by atoms with van der Waals surface area (Å²) in [7, 11) is 1.58. The van der Waals surface area contributed by atoms with Crippen LogP contribution in [-0.4, -0.2) is 17.5 Å². The number of ketones is 1. The number of hydrogen-bond donors (Lipinski definition) is 0. The Balaban J connectivity index is 2.19. The van der Waals surface area contributed by atoms with Gasteiger partial charge < -0.3 is 9.30 Å². The molecule has 3 nitrogen and oxygen atoms in total. The Morgan fingerprint density at radius 3 is 2.64 bits per heavy atom. The summed E-state index contributed by atoms with van der Waals surface area (Å²) in [6.45, 7) is 1.89. The quantitative estimate of drug-likeness (QED) is 0.681. The molecule has 0 aliphatic carbocycles. The van der Waals surface area contributed by atoms with E-state index in [1.165, 1.54) is 13.0 Å². The molecule has 1 heterocycles. The van der Waals surface area contributed by atoms with Crippen LogP contribution in [-0.2, 0) is 6.54 Å². The summed E-state index contributed by atoms with van der Waals surface area (Å²) < 4.78 is 21.1. The first kappa shape index (κ1) is 14.3. The Kier molecular flexibility index (Phi) is 3.67. The number of nitrogens with zero attached hydrogens (tertiary/aromatic N) is 1. The van der Waals surface area contributed by atoms with E-state index in [4.69, 9.17) is 4.74 Å². The molecule has 2 aromatic carbocycles. The van der Waals surface area contributed by atoms with Crippen LogP contribution in [0.3, 0.4) is 0 Å². The third-order valence-corrected chi connectivity index (χ3v) is 3.77. The van der Waals surface area contributed by atoms with E-state index in [0.29, 0.717) is 23.4 Å².